The molecule has 2 bridgehead atoms. The Kier molecular flexibility index (Phi) is 12.4. The quantitative estimate of drug-likeness (QED) is 0.228. The Balaban J connectivity index is 0.00000497. The average molecular weight is 799 g/mol. The third-order valence-electron chi connectivity index (χ3n) is 7.59. The minimum Gasteiger partial charge on any atom is -0.509 e. The van der Waals surface area contributed by atoms with Crippen LogP contribution in [0.5, 0.6) is 0 Å². The first kappa shape index (κ1) is 38.2. The number of benzene rings is 4. The number of hydrogen-bond donors (Lipinski definition) is 0. The van der Waals surface area contributed by atoms with Crippen LogP contribution in [0.1, 0.15) is 22.3 Å². The zero-order valence-corrected chi connectivity index (χ0v) is 29.7. The molecule has 0 saturated carbocycles. The zero-order chi connectivity index (χ0) is 36.5. The van der Waals surface area contributed by atoms with Gasteiger partial charge in [0.25, 0.3) is 0 Å². The van der Waals surface area contributed by atoms with Crippen molar-refractivity contribution >= 4 is 59.4 Å². The summed E-state index contributed by atoms with van der Waals surface area (Å²) in [5.74, 6) is 0. The monoisotopic (exact) mass is 798 g/mol. The standard InChI is InChI=1S/C34H27B2ClF2N6O8.Fe/c37-34-33(28-23-46-21-22-47-28)44-52-35(38)48-40-29(24-13-5-1-6-14-24)31(26-17-9-3-10-18-26)42-50-36(39,53-45-34)51-43-32(27-19-11-4-12-20-27)30(41-49-35)25-15-7-2-8-16-25;/h1-20,28H,21-23H2;/q-2;+2/b40-29-,41-30+,42-31-,43-32+,44-33+,45-34-;. The Morgan fingerprint density at radius 2 is 0.815 bits per heavy atom. The van der Waals surface area contributed by atoms with Gasteiger partial charge in [0.2, 0.25) is 0 Å². The number of hydrogen-bond acceptors (Lipinski definition) is 14. The van der Waals surface area contributed by atoms with Gasteiger partial charge in [-0.1, -0.05) is 133 Å². The SMILES string of the molecule is F[B-]12O/N=C(Cl)/C(C3COCCO3)=N/O[B-](F)(O/N=C(c3ccccc3)\C(c3ccccc3)=N/O1)O/N=C(c1ccccc1)/C(c1ccccc1)=N/O2.[Fe+2]. The Morgan fingerprint density at radius 3 is 1.15 bits per heavy atom. The van der Waals surface area contributed by atoms with Gasteiger partial charge in [-0.2, -0.15) is 0 Å². The Morgan fingerprint density at radius 1 is 0.481 bits per heavy atom. The van der Waals surface area contributed by atoms with Gasteiger partial charge in [-0.25, -0.2) is 0 Å². The molecule has 0 radical (unpaired) electrons. The molecule has 4 aromatic carbocycles. The number of fused-ring (bicyclic) bond motifs is 9. The zero-order valence-electron chi connectivity index (χ0n) is 27.8. The van der Waals surface area contributed by atoms with Gasteiger partial charge in [-0.15, -0.1) is 30.9 Å². The van der Waals surface area contributed by atoms with Crippen LogP contribution in [-0.2, 0) is 55.1 Å². The van der Waals surface area contributed by atoms with Crippen LogP contribution in [0.4, 0.5) is 8.63 Å². The molecular formula is C34H27B2ClF2FeN6O8. The van der Waals surface area contributed by atoms with Gasteiger partial charge < -0.3 is 46.6 Å². The summed E-state index contributed by atoms with van der Waals surface area (Å²) in [5.41, 5.74) is 0.202. The minimum atomic E-state index is -4.64. The van der Waals surface area contributed by atoms with Crippen LogP contribution in [0, 0.1) is 0 Å². The largest absolute Gasteiger partial charge is 2.00 e. The van der Waals surface area contributed by atoms with Gasteiger partial charge in [-0.3, -0.25) is 0 Å². The van der Waals surface area contributed by atoms with Crippen LogP contribution in [-0.4, -0.2) is 73.7 Å². The fraction of sp³-hybridized carbons (Fsp3) is 0.118. The summed E-state index contributed by atoms with van der Waals surface area (Å²) in [6, 6.07) is 33.3. The second-order valence-electron chi connectivity index (χ2n) is 11.3. The first-order chi connectivity index (χ1) is 25.9. The summed E-state index contributed by atoms with van der Waals surface area (Å²) >= 11 is 6.44. The molecule has 0 amide bonds. The third kappa shape index (κ3) is 9.13. The van der Waals surface area contributed by atoms with E-state index in [1.807, 2.05) is 0 Å². The van der Waals surface area contributed by atoms with Crippen molar-refractivity contribution in [2.75, 3.05) is 19.8 Å². The van der Waals surface area contributed by atoms with Crippen molar-refractivity contribution in [1.29, 1.82) is 0 Å². The van der Waals surface area contributed by atoms with Crippen LogP contribution in [0.3, 0.4) is 0 Å². The molecule has 3 unspecified atom stereocenters. The van der Waals surface area contributed by atoms with Crippen LogP contribution in [0.15, 0.2) is 152 Å². The summed E-state index contributed by atoms with van der Waals surface area (Å²) in [5, 5.41) is 23.1. The first-order valence-corrected chi connectivity index (χ1v) is 16.5. The van der Waals surface area contributed by atoms with E-state index in [4.69, 9.17) is 49.6 Å². The van der Waals surface area contributed by atoms with Crippen molar-refractivity contribution in [2.24, 2.45) is 30.9 Å². The Labute approximate surface area is 322 Å². The molecule has 4 aliphatic rings. The molecule has 54 heavy (non-hydrogen) atoms. The van der Waals surface area contributed by atoms with Crippen LogP contribution in [0.2, 0.25) is 0 Å². The van der Waals surface area contributed by atoms with E-state index in [0.717, 1.165) is 0 Å². The van der Waals surface area contributed by atoms with E-state index in [0.29, 0.717) is 22.3 Å². The van der Waals surface area contributed by atoms with Crippen molar-refractivity contribution in [2.45, 2.75) is 6.10 Å². The molecule has 4 aromatic rings. The summed E-state index contributed by atoms with van der Waals surface area (Å²) in [6.07, 6.45) is -1.09. The van der Waals surface area contributed by atoms with Crippen LogP contribution >= 0.6 is 11.6 Å². The fourth-order valence-corrected chi connectivity index (χ4v) is 5.24. The molecule has 0 aliphatic carbocycles. The van der Waals surface area contributed by atoms with Crippen molar-refractivity contribution in [1.82, 2.24) is 0 Å². The molecule has 14 nitrogen and oxygen atoms in total. The van der Waals surface area contributed by atoms with Gasteiger partial charge in [0.1, 0.15) is 34.7 Å². The molecule has 4 heterocycles. The maximum Gasteiger partial charge on any atom is 2.00 e. The smallest absolute Gasteiger partial charge is 0.509 e. The van der Waals surface area contributed by atoms with E-state index in [9.17, 15) is 0 Å². The molecule has 0 N–H and O–H groups in total. The summed E-state index contributed by atoms with van der Waals surface area (Å²) in [6.45, 7) is 0.220. The molecule has 3 atom stereocenters. The van der Waals surface area contributed by atoms with Crippen molar-refractivity contribution in [3.8, 4) is 0 Å². The average Bonchev–Trinajstić information content (AvgIpc) is 3.21. The predicted octanol–water partition coefficient (Wildman–Crippen LogP) is 5.86. The number of nitrogens with zero attached hydrogens (tertiary/aromatic N) is 6. The molecule has 0 aromatic heterocycles. The van der Waals surface area contributed by atoms with Gasteiger partial charge in [-0.05, 0) is 0 Å². The summed E-state index contributed by atoms with van der Waals surface area (Å²) < 4.78 is 77.7. The van der Waals surface area contributed by atoms with E-state index in [2.05, 4.69) is 30.9 Å². The molecule has 1 fully saturated rings. The van der Waals surface area contributed by atoms with E-state index < -0.39 is 31.0 Å². The van der Waals surface area contributed by atoms with Crippen LogP contribution in [0.25, 0.3) is 0 Å². The van der Waals surface area contributed by atoms with E-state index in [1.165, 1.54) is 0 Å². The topological polar surface area (TPSA) is 148 Å². The van der Waals surface area contributed by atoms with Crippen molar-refractivity contribution in [3.05, 3.63) is 144 Å². The summed E-state index contributed by atoms with van der Waals surface area (Å²) in [4.78, 5) is 0. The van der Waals surface area contributed by atoms with E-state index in [-0.39, 0.29) is 59.7 Å². The predicted molar refractivity (Wildman–Crippen MR) is 193 cm³/mol. The van der Waals surface area contributed by atoms with Crippen molar-refractivity contribution in [3.63, 3.8) is 0 Å². The maximum absolute atomic E-state index is 17.2. The number of rotatable bonds is 5. The molecule has 20 heteroatoms. The normalized spacial score (nSPS) is 29.1. The second kappa shape index (κ2) is 17.5. The minimum absolute atomic E-state index is 0. The number of ether oxygens (including phenoxy) is 2. The number of halogens is 3. The second-order valence-corrected chi connectivity index (χ2v) is 11.6. The van der Waals surface area contributed by atoms with E-state index in [1.54, 1.807) is 121 Å². The Hall–Kier alpha value is -5.58. The maximum atomic E-state index is 17.2. The molecule has 8 rings (SSSR count). The van der Waals surface area contributed by atoms with Gasteiger partial charge in [0.05, 0.1) is 19.8 Å². The third-order valence-corrected chi connectivity index (χ3v) is 7.85. The molecule has 1 saturated heterocycles. The van der Waals surface area contributed by atoms with Gasteiger partial charge >= 0.3 is 31.1 Å². The summed E-state index contributed by atoms with van der Waals surface area (Å²) in [7, 11) is -9.27. The fourth-order valence-electron chi connectivity index (χ4n) is 5.04. The molecular weight excluding hydrogens is 771 g/mol. The molecule has 0 spiro atoms. The molecule has 276 valence electrons. The Bertz CT molecular complexity index is 1970. The molecule has 4 aliphatic heterocycles. The van der Waals surface area contributed by atoms with Crippen molar-refractivity contribution < 1.29 is 63.7 Å². The number of oxime groups is 6. The van der Waals surface area contributed by atoms with Crippen LogP contribution < -0.4 is 0 Å². The van der Waals surface area contributed by atoms with Gasteiger partial charge in [0.15, 0.2) is 5.17 Å². The van der Waals surface area contributed by atoms with Gasteiger partial charge in [0, 0.05) is 22.3 Å². The van der Waals surface area contributed by atoms with E-state index >= 15 is 8.63 Å². The first-order valence-electron chi connectivity index (χ1n) is 16.2.